The lowest BCUT2D eigenvalue weighted by atomic mass is 10.0. The second kappa shape index (κ2) is 10.4. The van der Waals surface area contributed by atoms with Gasteiger partial charge in [-0.1, -0.05) is 43.3 Å². The van der Waals surface area contributed by atoms with Gasteiger partial charge in [0.05, 0.1) is 24.9 Å². The quantitative estimate of drug-likeness (QED) is 0.496. The standard InChI is InChI=1S/C25H28N2O3/c1-4-17-30-22-15-14-20(18-23(22)29-5-2)25(28)27(3)24(19-11-7-6-8-12-19)21-13-9-10-16-26-21/h6-16,18,24H,4-5,17H2,1-3H3. The van der Waals surface area contributed by atoms with Crippen molar-refractivity contribution in [1.82, 2.24) is 9.88 Å². The summed E-state index contributed by atoms with van der Waals surface area (Å²) in [6.45, 7) is 5.06. The Labute approximate surface area is 178 Å². The molecule has 3 aromatic rings. The van der Waals surface area contributed by atoms with Crippen LogP contribution in [0.25, 0.3) is 0 Å². The molecule has 5 heteroatoms. The van der Waals surface area contributed by atoms with E-state index in [0.29, 0.717) is 30.3 Å². The van der Waals surface area contributed by atoms with Crippen molar-refractivity contribution >= 4 is 5.91 Å². The van der Waals surface area contributed by atoms with Crippen molar-refractivity contribution in [2.45, 2.75) is 26.3 Å². The van der Waals surface area contributed by atoms with Crippen molar-refractivity contribution in [3.63, 3.8) is 0 Å². The van der Waals surface area contributed by atoms with Crippen molar-refractivity contribution in [2.24, 2.45) is 0 Å². The van der Waals surface area contributed by atoms with Gasteiger partial charge in [-0.15, -0.1) is 0 Å². The molecule has 0 spiro atoms. The summed E-state index contributed by atoms with van der Waals surface area (Å²) in [5, 5.41) is 0. The molecule has 0 saturated carbocycles. The van der Waals surface area contributed by atoms with Crippen LogP contribution in [-0.2, 0) is 0 Å². The monoisotopic (exact) mass is 404 g/mol. The van der Waals surface area contributed by atoms with E-state index in [1.54, 1.807) is 36.3 Å². The molecule has 1 unspecified atom stereocenters. The van der Waals surface area contributed by atoms with E-state index in [0.717, 1.165) is 17.7 Å². The summed E-state index contributed by atoms with van der Waals surface area (Å²) in [7, 11) is 1.80. The average molecular weight is 405 g/mol. The van der Waals surface area contributed by atoms with Gasteiger partial charge >= 0.3 is 0 Å². The number of hydrogen-bond acceptors (Lipinski definition) is 4. The Morgan fingerprint density at radius 3 is 2.40 bits per heavy atom. The number of ether oxygens (including phenoxy) is 2. The number of carbonyl (C=O) groups is 1. The van der Waals surface area contributed by atoms with E-state index in [-0.39, 0.29) is 11.9 Å². The van der Waals surface area contributed by atoms with E-state index in [1.165, 1.54) is 0 Å². The van der Waals surface area contributed by atoms with Gasteiger partial charge in [-0.25, -0.2) is 0 Å². The van der Waals surface area contributed by atoms with Crippen LogP contribution in [0.2, 0.25) is 0 Å². The van der Waals surface area contributed by atoms with Crippen LogP contribution in [0.15, 0.2) is 72.9 Å². The minimum atomic E-state index is -0.300. The van der Waals surface area contributed by atoms with Crippen molar-refractivity contribution < 1.29 is 14.3 Å². The summed E-state index contributed by atoms with van der Waals surface area (Å²) >= 11 is 0. The molecule has 0 aliphatic heterocycles. The number of aromatic nitrogens is 1. The van der Waals surface area contributed by atoms with Crippen LogP contribution in [0.1, 0.15) is 47.9 Å². The zero-order valence-electron chi connectivity index (χ0n) is 17.7. The summed E-state index contributed by atoms with van der Waals surface area (Å²) < 4.78 is 11.5. The lowest BCUT2D eigenvalue weighted by Crippen LogP contribution is -2.32. The fraction of sp³-hybridized carbons (Fsp3) is 0.280. The molecule has 0 bridgehead atoms. The Morgan fingerprint density at radius 2 is 1.73 bits per heavy atom. The van der Waals surface area contributed by atoms with Gasteiger partial charge < -0.3 is 14.4 Å². The van der Waals surface area contributed by atoms with Crippen LogP contribution in [-0.4, -0.2) is 36.1 Å². The van der Waals surface area contributed by atoms with Crippen LogP contribution in [0.3, 0.4) is 0 Å². The maximum Gasteiger partial charge on any atom is 0.254 e. The molecule has 1 aromatic heterocycles. The Hall–Kier alpha value is -3.34. The van der Waals surface area contributed by atoms with Gasteiger partial charge in [0.2, 0.25) is 0 Å². The third kappa shape index (κ3) is 4.98. The van der Waals surface area contributed by atoms with Crippen molar-refractivity contribution in [1.29, 1.82) is 0 Å². The predicted molar refractivity (Wildman–Crippen MR) is 118 cm³/mol. The SMILES string of the molecule is CCCOc1ccc(C(=O)N(C)C(c2ccccc2)c2ccccn2)cc1OCC. The number of rotatable bonds is 9. The topological polar surface area (TPSA) is 51.7 Å². The van der Waals surface area contributed by atoms with E-state index in [9.17, 15) is 4.79 Å². The Balaban J connectivity index is 1.94. The smallest absolute Gasteiger partial charge is 0.254 e. The van der Waals surface area contributed by atoms with Gasteiger partial charge in [-0.05, 0) is 49.2 Å². The van der Waals surface area contributed by atoms with Crippen LogP contribution in [0.4, 0.5) is 0 Å². The number of hydrogen-bond donors (Lipinski definition) is 0. The molecule has 1 amide bonds. The van der Waals surface area contributed by atoms with Gasteiger partial charge in [0.25, 0.3) is 5.91 Å². The molecule has 0 radical (unpaired) electrons. The summed E-state index contributed by atoms with van der Waals surface area (Å²) in [4.78, 5) is 19.6. The second-order valence-electron chi connectivity index (χ2n) is 6.93. The van der Waals surface area contributed by atoms with Crippen molar-refractivity contribution in [3.8, 4) is 11.5 Å². The fourth-order valence-corrected chi connectivity index (χ4v) is 3.33. The highest BCUT2D eigenvalue weighted by Crippen LogP contribution is 2.31. The first kappa shape index (κ1) is 21.4. The first-order chi connectivity index (χ1) is 14.7. The number of carbonyl (C=O) groups excluding carboxylic acids is 1. The molecule has 0 aliphatic carbocycles. The molecule has 0 saturated heterocycles. The highest BCUT2D eigenvalue weighted by Gasteiger charge is 2.26. The maximum absolute atomic E-state index is 13.4. The molecule has 1 atom stereocenters. The largest absolute Gasteiger partial charge is 0.490 e. The van der Waals surface area contributed by atoms with E-state index >= 15 is 0 Å². The first-order valence-corrected chi connectivity index (χ1v) is 10.3. The molecule has 5 nitrogen and oxygen atoms in total. The lowest BCUT2D eigenvalue weighted by Gasteiger charge is -2.28. The van der Waals surface area contributed by atoms with Crippen molar-refractivity contribution in [3.05, 3.63) is 89.7 Å². The molecule has 30 heavy (non-hydrogen) atoms. The summed E-state index contributed by atoms with van der Waals surface area (Å²) in [5.74, 6) is 1.12. The maximum atomic E-state index is 13.4. The van der Waals surface area contributed by atoms with E-state index < -0.39 is 0 Å². The molecule has 2 aromatic carbocycles. The minimum absolute atomic E-state index is 0.113. The minimum Gasteiger partial charge on any atom is -0.490 e. The number of nitrogens with zero attached hydrogens (tertiary/aromatic N) is 2. The Morgan fingerprint density at radius 1 is 0.967 bits per heavy atom. The molecule has 156 valence electrons. The van der Waals surface area contributed by atoms with Gasteiger partial charge in [0, 0.05) is 18.8 Å². The fourth-order valence-electron chi connectivity index (χ4n) is 3.33. The molecular weight excluding hydrogens is 376 g/mol. The average Bonchev–Trinajstić information content (AvgIpc) is 2.79. The van der Waals surface area contributed by atoms with Crippen molar-refractivity contribution in [2.75, 3.05) is 20.3 Å². The third-order valence-electron chi connectivity index (χ3n) is 4.74. The normalized spacial score (nSPS) is 11.6. The van der Waals surface area contributed by atoms with Gasteiger partial charge in [0.1, 0.15) is 0 Å². The zero-order valence-corrected chi connectivity index (χ0v) is 17.7. The van der Waals surface area contributed by atoms with Crippen LogP contribution in [0, 0.1) is 0 Å². The number of benzene rings is 2. The summed E-state index contributed by atoms with van der Waals surface area (Å²) in [6.07, 6.45) is 2.65. The van der Waals surface area contributed by atoms with Gasteiger partial charge in [-0.2, -0.15) is 0 Å². The van der Waals surface area contributed by atoms with Crippen LogP contribution >= 0.6 is 0 Å². The highest BCUT2D eigenvalue weighted by molar-refractivity contribution is 5.95. The molecule has 3 rings (SSSR count). The predicted octanol–water partition coefficient (Wildman–Crippen LogP) is 5.13. The summed E-state index contributed by atoms with van der Waals surface area (Å²) in [6, 6.07) is 20.7. The third-order valence-corrected chi connectivity index (χ3v) is 4.74. The molecule has 0 fully saturated rings. The van der Waals surface area contributed by atoms with E-state index in [1.807, 2.05) is 55.5 Å². The highest BCUT2D eigenvalue weighted by atomic mass is 16.5. The zero-order chi connectivity index (χ0) is 21.3. The number of pyridine rings is 1. The number of amides is 1. The van der Waals surface area contributed by atoms with Crippen LogP contribution in [0.5, 0.6) is 11.5 Å². The molecule has 0 aliphatic rings. The van der Waals surface area contributed by atoms with Gasteiger partial charge in [-0.3, -0.25) is 9.78 Å². The molecule has 0 N–H and O–H groups in total. The summed E-state index contributed by atoms with van der Waals surface area (Å²) in [5.41, 5.74) is 2.36. The Kier molecular flexibility index (Phi) is 7.44. The lowest BCUT2D eigenvalue weighted by molar-refractivity contribution is 0.0752. The molecular formula is C25H28N2O3. The van der Waals surface area contributed by atoms with E-state index in [4.69, 9.17) is 9.47 Å². The van der Waals surface area contributed by atoms with Gasteiger partial charge in [0.15, 0.2) is 11.5 Å². The van der Waals surface area contributed by atoms with E-state index in [2.05, 4.69) is 11.9 Å². The molecule has 1 heterocycles. The first-order valence-electron chi connectivity index (χ1n) is 10.3. The van der Waals surface area contributed by atoms with Crippen LogP contribution < -0.4 is 9.47 Å². The Bertz CT molecular complexity index is 906. The second-order valence-corrected chi connectivity index (χ2v) is 6.93.